The van der Waals surface area contributed by atoms with Crippen LogP contribution in [0.5, 0.6) is 0 Å². The number of aromatic nitrogens is 2. The van der Waals surface area contributed by atoms with Gasteiger partial charge in [-0.15, -0.1) is 0 Å². The Bertz CT molecular complexity index is 444. The molecule has 0 atom stereocenters. The lowest BCUT2D eigenvalue weighted by molar-refractivity contribution is -0.117. The van der Waals surface area contributed by atoms with Gasteiger partial charge in [0.25, 0.3) is 5.56 Å². The third-order valence-electron chi connectivity index (χ3n) is 2.07. The number of aromatic amines is 1. The second kappa shape index (κ2) is 5.29. The Labute approximate surface area is 86.8 Å². The lowest BCUT2D eigenvalue weighted by Crippen LogP contribution is -2.28. The van der Waals surface area contributed by atoms with Crippen LogP contribution in [0.25, 0.3) is 0 Å². The van der Waals surface area contributed by atoms with E-state index in [2.05, 4.69) is 4.98 Å². The van der Waals surface area contributed by atoms with Crippen molar-refractivity contribution in [3.05, 3.63) is 33.1 Å². The van der Waals surface area contributed by atoms with Gasteiger partial charge in [-0.2, -0.15) is 0 Å². The Kier molecular flexibility index (Phi) is 4.03. The van der Waals surface area contributed by atoms with Crippen molar-refractivity contribution in [1.29, 1.82) is 0 Å². The van der Waals surface area contributed by atoms with Gasteiger partial charge in [-0.25, -0.2) is 4.79 Å². The number of hydrogen-bond acceptors (Lipinski definition) is 3. The molecule has 5 nitrogen and oxygen atoms in total. The van der Waals surface area contributed by atoms with Gasteiger partial charge in [-0.1, -0.05) is 0 Å². The summed E-state index contributed by atoms with van der Waals surface area (Å²) in [7, 11) is 0. The smallest absolute Gasteiger partial charge is 0.301 e. The molecule has 0 fully saturated rings. The second-order valence-electron chi connectivity index (χ2n) is 3.46. The monoisotopic (exact) mass is 210 g/mol. The average Bonchev–Trinajstić information content (AvgIpc) is 2.14. The minimum atomic E-state index is -0.398. The number of Topliss-reactive ketones (excluding diaryl/α,β-unsaturated/α-hetero) is 1. The SMILES string of the molecule is CC(=O)CCCCn1ccc(=O)[nH]c1=O. The van der Waals surface area contributed by atoms with E-state index in [1.807, 2.05) is 0 Å². The zero-order valence-corrected chi connectivity index (χ0v) is 8.66. The fourth-order valence-corrected chi connectivity index (χ4v) is 1.28. The van der Waals surface area contributed by atoms with Crippen molar-refractivity contribution in [2.75, 3.05) is 0 Å². The molecule has 0 aromatic carbocycles. The summed E-state index contributed by atoms with van der Waals surface area (Å²) in [6.07, 6.45) is 3.53. The van der Waals surface area contributed by atoms with Crippen LogP contribution in [0.2, 0.25) is 0 Å². The first kappa shape index (κ1) is 11.4. The molecule has 0 amide bonds. The van der Waals surface area contributed by atoms with Crippen LogP contribution >= 0.6 is 0 Å². The van der Waals surface area contributed by atoms with Crippen LogP contribution in [0.3, 0.4) is 0 Å². The predicted octanol–water partition coefficient (Wildman–Crippen LogP) is 0.296. The van der Waals surface area contributed by atoms with E-state index in [0.29, 0.717) is 13.0 Å². The maximum Gasteiger partial charge on any atom is 0.328 e. The molecule has 0 spiro atoms. The topological polar surface area (TPSA) is 71.9 Å². The predicted molar refractivity (Wildman–Crippen MR) is 55.9 cm³/mol. The highest BCUT2D eigenvalue weighted by molar-refractivity contribution is 5.75. The molecule has 1 rings (SSSR count). The highest BCUT2D eigenvalue weighted by atomic mass is 16.2. The van der Waals surface area contributed by atoms with E-state index in [-0.39, 0.29) is 11.3 Å². The summed E-state index contributed by atoms with van der Waals surface area (Å²) >= 11 is 0. The summed E-state index contributed by atoms with van der Waals surface area (Å²) in [5, 5.41) is 0. The number of hydrogen-bond donors (Lipinski definition) is 1. The van der Waals surface area contributed by atoms with Crippen LogP contribution < -0.4 is 11.2 Å². The van der Waals surface area contributed by atoms with Crippen LogP contribution in [0.15, 0.2) is 21.9 Å². The number of nitrogens with zero attached hydrogens (tertiary/aromatic N) is 1. The number of ketones is 1. The molecule has 0 aliphatic rings. The first-order valence-electron chi connectivity index (χ1n) is 4.89. The van der Waals surface area contributed by atoms with Crippen LogP contribution in [0.4, 0.5) is 0 Å². The Hall–Kier alpha value is -1.65. The number of unbranched alkanes of at least 4 members (excludes halogenated alkanes) is 1. The van der Waals surface area contributed by atoms with E-state index in [1.165, 1.54) is 16.8 Å². The third-order valence-corrected chi connectivity index (χ3v) is 2.07. The lowest BCUT2D eigenvalue weighted by atomic mass is 10.2. The molecule has 0 saturated heterocycles. The molecule has 1 heterocycles. The molecule has 15 heavy (non-hydrogen) atoms. The van der Waals surface area contributed by atoms with Gasteiger partial charge in [-0.3, -0.25) is 9.78 Å². The minimum absolute atomic E-state index is 0.156. The lowest BCUT2D eigenvalue weighted by Gasteiger charge is -2.02. The highest BCUT2D eigenvalue weighted by Crippen LogP contribution is 1.97. The maximum absolute atomic E-state index is 11.2. The van der Waals surface area contributed by atoms with E-state index in [9.17, 15) is 14.4 Å². The standard InChI is InChI=1S/C10H14N2O3/c1-8(13)4-2-3-6-12-7-5-9(14)11-10(12)15/h5,7H,2-4,6H2,1H3,(H,11,14,15). The Balaban J connectivity index is 2.48. The van der Waals surface area contributed by atoms with Gasteiger partial charge in [0.15, 0.2) is 0 Å². The number of rotatable bonds is 5. The van der Waals surface area contributed by atoms with Crippen LogP contribution in [-0.4, -0.2) is 15.3 Å². The van der Waals surface area contributed by atoms with Crippen LogP contribution in [0, 0.1) is 0 Å². The minimum Gasteiger partial charge on any atom is -0.301 e. The maximum atomic E-state index is 11.2. The molecule has 0 aliphatic heterocycles. The molecule has 0 unspecified atom stereocenters. The normalized spacial score (nSPS) is 10.2. The average molecular weight is 210 g/mol. The highest BCUT2D eigenvalue weighted by Gasteiger charge is 1.97. The van der Waals surface area contributed by atoms with E-state index < -0.39 is 5.69 Å². The molecule has 0 bridgehead atoms. The van der Waals surface area contributed by atoms with Gasteiger partial charge < -0.3 is 9.36 Å². The quantitative estimate of drug-likeness (QED) is 0.710. The van der Waals surface area contributed by atoms with Crippen molar-refractivity contribution in [2.45, 2.75) is 32.7 Å². The van der Waals surface area contributed by atoms with Crippen molar-refractivity contribution < 1.29 is 4.79 Å². The molecule has 1 aromatic heterocycles. The van der Waals surface area contributed by atoms with Crippen molar-refractivity contribution >= 4 is 5.78 Å². The molecule has 1 aromatic rings. The summed E-state index contributed by atoms with van der Waals surface area (Å²) in [5.74, 6) is 0.156. The summed E-state index contributed by atoms with van der Waals surface area (Å²) < 4.78 is 1.43. The van der Waals surface area contributed by atoms with E-state index in [4.69, 9.17) is 0 Å². The first-order valence-corrected chi connectivity index (χ1v) is 4.89. The molecule has 0 saturated carbocycles. The van der Waals surface area contributed by atoms with Gasteiger partial charge in [-0.05, 0) is 19.8 Å². The fraction of sp³-hybridized carbons (Fsp3) is 0.500. The van der Waals surface area contributed by atoms with Crippen LogP contribution in [0.1, 0.15) is 26.2 Å². The number of H-pyrrole nitrogens is 1. The van der Waals surface area contributed by atoms with E-state index in [1.54, 1.807) is 6.92 Å². The van der Waals surface area contributed by atoms with Crippen molar-refractivity contribution in [3.63, 3.8) is 0 Å². The number of carbonyl (C=O) groups is 1. The molecule has 82 valence electrons. The van der Waals surface area contributed by atoms with Crippen molar-refractivity contribution in [2.24, 2.45) is 0 Å². The molecule has 5 heteroatoms. The Morgan fingerprint density at radius 1 is 1.40 bits per heavy atom. The molecule has 0 radical (unpaired) electrons. The number of aryl methyl sites for hydroxylation is 1. The van der Waals surface area contributed by atoms with Gasteiger partial charge in [0.05, 0.1) is 0 Å². The molecule has 1 N–H and O–H groups in total. The number of nitrogens with one attached hydrogen (secondary N) is 1. The van der Waals surface area contributed by atoms with Crippen LogP contribution in [-0.2, 0) is 11.3 Å². The summed E-state index contributed by atoms with van der Waals surface area (Å²) in [5.41, 5.74) is -0.787. The second-order valence-corrected chi connectivity index (χ2v) is 3.46. The van der Waals surface area contributed by atoms with E-state index >= 15 is 0 Å². The van der Waals surface area contributed by atoms with Gasteiger partial charge >= 0.3 is 5.69 Å². The molecular formula is C10H14N2O3. The van der Waals surface area contributed by atoms with Gasteiger partial charge in [0.1, 0.15) is 5.78 Å². The summed E-state index contributed by atoms with van der Waals surface area (Å²) in [6, 6.07) is 1.31. The van der Waals surface area contributed by atoms with E-state index in [0.717, 1.165) is 12.8 Å². The number of carbonyl (C=O) groups excluding carboxylic acids is 1. The summed E-state index contributed by atoms with van der Waals surface area (Å²) in [4.78, 5) is 34.8. The first-order chi connectivity index (χ1) is 7.09. The van der Waals surface area contributed by atoms with Gasteiger partial charge in [0, 0.05) is 25.2 Å². The van der Waals surface area contributed by atoms with Crippen molar-refractivity contribution in [1.82, 2.24) is 9.55 Å². The largest absolute Gasteiger partial charge is 0.328 e. The Morgan fingerprint density at radius 2 is 2.13 bits per heavy atom. The zero-order chi connectivity index (χ0) is 11.3. The Morgan fingerprint density at radius 3 is 2.73 bits per heavy atom. The zero-order valence-electron chi connectivity index (χ0n) is 8.66. The third kappa shape index (κ3) is 3.93. The van der Waals surface area contributed by atoms with Gasteiger partial charge in [0.2, 0.25) is 0 Å². The summed E-state index contributed by atoms with van der Waals surface area (Å²) in [6.45, 7) is 2.08. The molecular weight excluding hydrogens is 196 g/mol. The van der Waals surface area contributed by atoms with Crippen molar-refractivity contribution in [3.8, 4) is 0 Å². The molecule has 0 aliphatic carbocycles. The fourth-order valence-electron chi connectivity index (χ4n) is 1.28.